The van der Waals surface area contributed by atoms with Gasteiger partial charge < -0.3 is 30.8 Å². The number of rotatable bonds is 10. The van der Waals surface area contributed by atoms with Crippen LogP contribution in [0.1, 0.15) is 25.8 Å². The maximum absolute atomic E-state index is 13.2. The number of ether oxygens (including phenoxy) is 1. The summed E-state index contributed by atoms with van der Waals surface area (Å²) in [7, 11) is 1.80. The summed E-state index contributed by atoms with van der Waals surface area (Å²) in [4.78, 5) is 53.8. The first-order chi connectivity index (χ1) is 17.7. The topological polar surface area (TPSA) is 144 Å². The van der Waals surface area contributed by atoms with Crippen LogP contribution in [-0.2, 0) is 25.7 Å². The molecule has 4 N–H and O–H groups in total. The molecule has 3 aliphatic rings. The Balaban J connectivity index is 1.45. The van der Waals surface area contributed by atoms with Crippen LogP contribution in [0.3, 0.4) is 0 Å². The van der Waals surface area contributed by atoms with Gasteiger partial charge in [-0.15, -0.1) is 0 Å². The predicted octanol–water partition coefficient (Wildman–Crippen LogP) is 0.0478. The number of nitrogens with zero attached hydrogens (tertiary/aromatic N) is 3. The van der Waals surface area contributed by atoms with Gasteiger partial charge in [0, 0.05) is 32.3 Å². The van der Waals surface area contributed by atoms with Gasteiger partial charge in [-0.05, 0) is 36.7 Å². The number of carbonyl (C=O) groups excluding carboxylic acids is 4. The van der Waals surface area contributed by atoms with Gasteiger partial charge >= 0.3 is 0 Å². The molecule has 4 rings (SSSR count). The van der Waals surface area contributed by atoms with Crippen molar-refractivity contribution in [2.75, 3.05) is 32.1 Å². The lowest BCUT2D eigenvalue weighted by molar-refractivity contribution is -0.123. The fourth-order valence-electron chi connectivity index (χ4n) is 4.04. The fraction of sp³-hybridized carbons (Fsp3) is 0.400. The lowest BCUT2D eigenvalue weighted by Crippen LogP contribution is -2.47. The van der Waals surface area contributed by atoms with Gasteiger partial charge in [0.1, 0.15) is 29.3 Å². The molecule has 3 amide bonds. The van der Waals surface area contributed by atoms with Crippen LogP contribution in [0.2, 0.25) is 0 Å². The van der Waals surface area contributed by atoms with Gasteiger partial charge in [0.25, 0.3) is 17.7 Å². The molecule has 1 atom stereocenters. The molecule has 3 aliphatic heterocycles. The number of carbonyl (C=O) groups is 4. The van der Waals surface area contributed by atoms with E-state index in [0.717, 1.165) is 5.56 Å². The van der Waals surface area contributed by atoms with Crippen LogP contribution in [-0.4, -0.2) is 78.6 Å². The second kappa shape index (κ2) is 11.4. The second-order valence-corrected chi connectivity index (χ2v) is 9.20. The fourth-order valence-corrected chi connectivity index (χ4v) is 4.04. The van der Waals surface area contributed by atoms with E-state index in [0.29, 0.717) is 43.1 Å². The Morgan fingerprint density at radius 2 is 2.08 bits per heavy atom. The lowest BCUT2D eigenvalue weighted by Gasteiger charge is -2.32. The molecule has 0 aromatic heterocycles. The zero-order valence-corrected chi connectivity index (χ0v) is 21.0. The smallest absolute Gasteiger partial charge is 0.270 e. The summed E-state index contributed by atoms with van der Waals surface area (Å²) in [5.74, 6) is -0.166. The maximum Gasteiger partial charge on any atom is 0.270 e. The monoisotopic (exact) mass is 509 g/mol. The van der Waals surface area contributed by atoms with E-state index < -0.39 is 17.9 Å². The van der Waals surface area contributed by atoms with Crippen LogP contribution in [0.25, 0.3) is 0 Å². The Kier molecular flexibility index (Phi) is 7.99. The molecular formula is C25H31N7O5. The molecule has 12 nitrogen and oxygen atoms in total. The summed E-state index contributed by atoms with van der Waals surface area (Å²) in [5, 5.41) is 14.9. The summed E-state index contributed by atoms with van der Waals surface area (Å²) in [6, 6.07) is 4.84. The zero-order chi connectivity index (χ0) is 26.5. The Morgan fingerprint density at radius 1 is 1.27 bits per heavy atom. The average Bonchev–Trinajstić information content (AvgIpc) is 3.26. The Hall–Kier alpha value is -4.03. The number of fused-ring (bicyclic) bond motifs is 2. The molecule has 1 aromatic rings. The molecule has 1 aromatic carbocycles. The maximum atomic E-state index is 13.2. The second-order valence-electron chi connectivity index (χ2n) is 9.20. The van der Waals surface area contributed by atoms with Crippen molar-refractivity contribution < 1.29 is 23.9 Å². The van der Waals surface area contributed by atoms with Gasteiger partial charge in [0.2, 0.25) is 0 Å². The third-order valence-corrected chi connectivity index (χ3v) is 5.92. The Bertz CT molecular complexity index is 1190. The predicted molar refractivity (Wildman–Crippen MR) is 136 cm³/mol. The Morgan fingerprint density at radius 3 is 2.84 bits per heavy atom. The summed E-state index contributed by atoms with van der Waals surface area (Å²) in [6.45, 7) is 5.23. The number of anilines is 1. The number of hydrogen-bond donors (Lipinski definition) is 4. The van der Waals surface area contributed by atoms with E-state index in [1.165, 1.54) is 6.08 Å². The highest BCUT2D eigenvalue weighted by Gasteiger charge is 2.34. The van der Waals surface area contributed by atoms with Crippen LogP contribution in [0, 0.1) is 0 Å². The molecule has 196 valence electrons. The molecule has 0 spiro atoms. The van der Waals surface area contributed by atoms with Gasteiger partial charge in [0.05, 0.1) is 11.7 Å². The number of aldehydes is 1. The number of hydrogen-bond acceptors (Lipinski definition) is 9. The molecule has 0 fully saturated rings. The molecule has 0 saturated carbocycles. The number of amides is 3. The molecular weight excluding hydrogens is 478 g/mol. The number of likely N-dealkylation sites (N-methyl/N-ethyl adjacent to an activating group) is 1. The van der Waals surface area contributed by atoms with E-state index in [2.05, 4.69) is 26.3 Å². The van der Waals surface area contributed by atoms with Crippen LogP contribution in [0.4, 0.5) is 5.69 Å². The highest BCUT2D eigenvalue weighted by molar-refractivity contribution is 6.44. The number of hydrazine groups is 1. The van der Waals surface area contributed by atoms with Crippen molar-refractivity contribution in [1.82, 2.24) is 26.0 Å². The van der Waals surface area contributed by atoms with E-state index in [1.54, 1.807) is 35.3 Å². The average molecular weight is 510 g/mol. The molecule has 3 heterocycles. The summed E-state index contributed by atoms with van der Waals surface area (Å²) in [5.41, 5.74) is 1.56. The van der Waals surface area contributed by atoms with Crippen molar-refractivity contribution in [2.45, 2.75) is 38.9 Å². The SMILES string of the molecule is CC(C)NCCC(C=O)NC(=O)C1=CC(C(=O)NCc2ccc3c(c2)NC(=O)CO3)=NC2=CCN(C)N21. The van der Waals surface area contributed by atoms with E-state index in [4.69, 9.17) is 4.74 Å². The molecule has 0 bridgehead atoms. The molecule has 37 heavy (non-hydrogen) atoms. The van der Waals surface area contributed by atoms with E-state index in [9.17, 15) is 19.2 Å². The molecule has 0 saturated heterocycles. The van der Waals surface area contributed by atoms with Crippen LogP contribution in [0.15, 0.2) is 46.9 Å². The van der Waals surface area contributed by atoms with Gasteiger partial charge in [-0.25, -0.2) is 10.0 Å². The van der Waals surface area contributed by atoms with Crippen molar-refractivity contribution >= 4 is 35.4 Å². The first kappa shape index (κ1) is 26.0. The van der Waals surface area contributed by atoms with E-state index in [1.807, 2.05) is 19.9 Å². The quantitative estimate of drug-likeness (QED) is 0.324. The molecule has 0 radical (unpaired) electrons. The zero-order valence-electron chi connectivity index (χ0n) is 21.0. The third-order valence-electron chi connectivity index (χ3n) is 5.92. The summed E-state index contributed by atoms with van der Waals surface area (Å²) >= 11 is 0. The summed E-state index contributed by atoms with van der Waals surface area (Å²) < 4.78 is 5.36. The van der Waals surface area contributed by atoms with Gasteiger partial charge in [-0.2, -0.15) is 0 Å². The standard InChI is InChI=1S/C25H31N7O5/c1-15(2)26-8-6-17(13-33)28-25(36)20-11-19(29-22-7-9-31(3)32(20)22)24(35)27-12-16-4-5-21-18(10-16)30-23(34)14-37-21/h4-5,7,10-11,13,15,17,26H,6,8-9,12,14H2,1-3H3,(H,27,35)(H,28,36)(H,30,34). The number of nitrogens with one attached hydrogen (secondary N) is 4. The first-order valence-corrected chi connectivity index (χ1v) is 12.1. The first-order valence-electron chi connectivity index (χ1n) is 12.1. The largest absolute Gasteiger partial charge is 0.482 e. The number of benzene rings is 1. The highest BCUT2D eigenvalue weighted by atomic mass is 16.5. The van der Waals surface area contributed by atoms with Crippen LogP contribution < -0.4 is 26.0 Å². The van der Waals surface area contributed by atoms with Gasteiger partial charge in [0.15, 0.2) is 6.61 Å². The van der Waals surface area contributed by atoms with E-state index in [-0.39, 0.29) is 36.5 Å². The minimum Gasteiger partial charge on any atom is -0.482 e. The molecule has 0 aliphatic carbocycles. The van der Waals surface area contributed by atoms with Crippen molar-refractivity contribution in [3.8, 4) is 5.75 Å². The van der Waals surface area contributed by atoms with E-state index >= 15 is 0 Å². The minimum atomic E-state index is -0.676. The van der Waals surface area contributed by atoms with Gasteiger partial charge in [-0.1, -0.05) is 19.9 Å². The van der Waals surface area contributed by atoms with Crippen molar-refractivity contribution in [1.29, 1.82) is 0 Å². The molecule has 1 unspecified atom stereocenters. The Labute approximate surface area is 214 Å². The van der Waals surface area contributed by atoms with Crippen molar-refractivity contribution in [2.24, 2.45) is 4.99 Å². The van der Waals surface area contributed by atoms with Crippen molar-refractivity contribution in [3.05, 3.63) is 47.4 Å². The van der Waals surface area contributed by atoms with Crippen molar-refractivity contribution in [3.63, 3.8) is 0 Å². The normalized spacial score (nSPS) is 17.5. The number of aliphatic imine (C=N–C) groups is 1. The minimum absolute atomic E-state index is 0.0321. The third kappa shape index (κ3) is 6.22. The molecule has 12 heteroatoms. The van der Waals surface area contributed by atoms with Crippen LogP contribution >= 0.6 is 0 Å². The van der Waals surface area contributed by atoms with Crippen LogP contribution in [0.5, 0.6) is 5.75 Å². The summed E-state index contributed by atoms with van der Waals surface area (Å²) in [6.07, 6.45) is 4.37. The highest BCUT2D eigenvalue weighted by Crippen LogP contribution is 2.29. The lowest BCUT2D eigenvalue weighted by atomic mass is 10.1. The van der Waals surface area contributed by atoms with Gasteiger partial charge in [-0.3, -0.25) is 19.4 Å².